The van der Waals surface area contributed by atoms with Crippen molar-refractivity contribution in [3.05, 3.63) is 48.4 Å². The number of furan rings is 1. The van der Waals surface area contributed by atoms with E-state index in [1.165, 1.54) is 16.9 Å². The molecular weight excluding hydrogens is 426 g/mol. The van der Waals surface area contributed by atoms with Crippen LogP contribution in [0.4, 0.5) is 4.79 Å². The Morgan fingerprint density at radius 2 is 2.12 bits per heavy atom. The Morgan fingerprint density at radius 3 is 2.91 bits per heavy atom. The van der Waals surface area contributed by atoms with Crippen LogP contribution in [0.15, 0.2) is 47.2 Å². The summed E-state index contributed by atoms with van der Waals surface area (Å²) < 4.78 is 12.8. The second-order valence-corrected chi connectivity index (χ2v) is 9.55. The number of nitrogens with one attached hydrogen (secondary N) is 1. The van der Waals surface area contributed by atoms with E-state index in [2.05, 4.69) is 26.3 Å². The second-order valence-electron chi connectivity index (χ2n) is 8.56. The third-order valence-electron chi connectivity index (χ3n) is 6.56. The number of urea groups is 1. The minimum absolute atomic E-state index is 0.180. The number of ether oxygens (including phenoxy) is 1. The molecule has 8 nitrogen and oxygen atoms in total. The van der Waals surface area contributed by atoms with Gasteiger partial charge in [-0.2, -0.15) is 4.98 Å². The number of carbonyl (C=O) groups is 1. The zero-order valence-electron chi connectivity index (χ0n) is 17.4. The van der Waals surface area contributed by atoms with Gasteiger partial charge in [-0.25, -0.2) is 9.78 Å². The third-order valence-corrected chi connectivity index (χ3v) is 7.45. The van der Waals surface area contributed by atoms with Crippen LogP contribution in [0.25, 0.3) is 21.3 Å². The molecule has 3 aromatic heterocycles. The van der Waals surface area contributed by atoms with E-state index in [0.29, 0.717) is 28.7 Å². The molecule has 0 unspecified atom stereocenters. The molecule has 3 N–H and O–H groups in total. The lowest BCUT2D eigenvalue weighted by Gasteiger charge is -2.38. The first-order valence-corrected chi connectivity index (χ1v) is 11.7. The van der Waals surface area contributed by atoms with Gasteiger partial charge in [-0.3, -0.25) is 4.90 Å². The van der Waals surface area contributed by atoms with Gasteiger partial charge in [0, 0.05) is 47.9 Å². The standard InChI is InChI=1S/C23H23N5O3S/c24-22(29)26-14-8-15-3-4-16(9-14)28(15)11-13-12-30-19-10-17(5-6-18(13)19)31-23-27-21-20(32-23)2-1-7-25-21/h1-2,5-7,10,12,14-16H,3-4,8-9,11H2,(H3,24,26,29)/t14-,15+,16-. The SMILES string of the molecule is NC(=O)N[C@H]1C[C@H]2CC[C@@H](C1)N2Cc1coc2cc(Oc3nc4ncccc4s3)ccc12. The number of pyridine rings is 1. The van der Waals surface area contributed by atoms with Gasteiger partial charge in [-0.1, -0.05) is 11.3 Å². The van der Waals surface area contributed by atoms with Crippen molar-refractivity contribution in [2.75, 3.05) is 0 Å². The Morgan fingerprint density at radius 1 is 1.28 bits per heavy atom. The lowest BCUT2D eigenvalue weighted by molar-refractivity contribution is 0.112. The van der Waals surface area contributed by atoms with Crippen LogP contribution in [-0.4, -0.2) is 39.0 Å². The predicted molar refractivity (Wildman–Crippen MR) is 122 cm³/mol. The molecule has 2 aliphatic rings. The summed E-state index contributed by atoms with van der Waals surface area (Å²) in [5, 5.41) is 4.56. The van der Waals surface area contributed by atoms with Crippen LogP contribution in [0, 0.1) is 0 Å². The Hall–Kier alpha value is -3.17. The molecule has 2 bridgehead atoms. The highest BCUT2D eigenvalue weighted by Crippen LogP contribution is 2.38. The van der Waals surface area contributed by atoms with Crippen molar-refractivity contribution in [3.8, 4) is 10.9 Å². The molecule has 1 aromatic carbocycles. The summed E-state index contributed by atoms with van der Waals surface area (Å²) in [7, 11) is 0. The fraction of sp³-hybridized carbons (Fsp3) is 0.348. The predicted octanol–water partition coefficient (Wildman–Crippen LogP) is 4.39. The quantitative estimate of drug-likeness (QED) is 0.468. The summed E-state index contributed by atoms with van der Waals surface area (Å²) in [4.78, 5) is 22.5. The van der Waals surface area contributed by atoms with Crippen molar-refractivity contribution >= 4 is 38.7 Å². The molecular formula is C23H23N5O3S. The summed E-state index contributed by atoms with van der Waals surface area (Å²) in [6.45, 7) is 0.843. The highest BCUT2D eigenvalue weighted by atomic mass is 32.1. The van der Waals surface area contributed by atoms with E-state index in [1.54, 1.807) is 6.20 Å². The lowest BCUT2D eigenvalue weighted by Crippen LogP contribution is -2.51. The van der Waals surface area contributed by atoms with Crippen LogP contribution in [0.2, 0.25) is 0 Å². The average molecular weight is 450 g/mol. The zero-order valence-corrected chi connectivity index (χ0v) is 18.2. The van der Waals surface area contributed by atoms with Crippen molar-refractivity contribution in [2.45, 2.75) is 50.4 Å². The second kappa shape index (κ2) is 7.75. The molecule has 3 atom stereocenters. The molecule has 2 saturated heterocycles. The average Bonchev–Trinajstić information content (AvgIpc) is 3.42. The first-order chi connectivity index (χ1) is 15.6. The van der Waals surface area contributed by atoms with Crippen LogP contribution in [0.3, 0.4) is 0 Å². The van der Waals surface area contributed by atoms with E-state index in [0.717, 1.165) is 47.9 Å². The molecule has 2 fully saturated rings. The van der Waals surface area contributed by atoms with Crippen LogP contribution < -0.4 is 15.8 Å². The van der Waals surface area contributed by atoms with Crippen molar-refractivity contribution in [1.82, 2.24) is 20.2 Å². The van der Waals surface area contributed by atoms with Crippen LogP contribution in [-0.2, 0) is 6.54 Å². The van der Waals surface area contributed by atoms with E-state index in [1.807, 2.05) is 30.5 Å². The van der Waals surface area contributed by atoms with Gasteiger partial charge in [-0.05, 0) is 49.9 Å². The topological polar surface area (TPSA) is 107 Å². The van der Waals surface area contributed by atoms with Gasteiger partial charge < -0.3 is 20.2 Å². The van der Waals surface area contributed by atoms with Gasteiger partial charge in [0.2, 0.25) is 0 Å². The van der Waals surface area contributed by atoms with Gasteiger partial charge >= 0.3 is 6.03 Å². The molecule has 5 heterocycles. The van der Waals surface area contributed by atoms with Gasteiger partial charge in [0.1, 0.15) is 11.3 Å². The van der Waals surface area contributed by atoms with Gasteiger partial charge in [0.25, 0.3) is 5.19 Å². The maximum absolute atomic E-state index is 11.2. The Labute approximate surface area is 188 Å². The third kappa shape index (κ3) is 3.57. The number of thiazole rings is 1. The molecule has 0 aliphatic carbocycles. The first kappa shape index (κ1) is 19.5. The molecule has 2 amide bonds. The van der Waals surface area contributed by atoms with Crippen LogP contribution in [0.1, 0.15) is 31.2 Å². The molecule has 4 aromatic rings. The highest BCUT2D eigenvalue weighted by Gasteiger charge is 2.41. The molecule has 2 aliphatic heterocycles. The number of primary amides is 1. The number of hydrogen-bond donors (Lipinski definition) is 2. The first-order valence-electron chi connectivity index (χ1n) is 10.8. The van der Waals surface area contributed by atoms with E-state index in [4.69, 9.17) is 14.9 Å². The summed E-state index contributed by atoms with van der Waals surface area (Å²) in [6.07, 6.45) is 7.79. The Kier molecular flexibility index (Phi) is 4.73. The summed E-state index contributed by atoms with van der Waals surface area (Å²) in [5.41, 5.74) is 8.00. The molecule has 6 rings (SSSR count). The summed E-state index contributed by atoms with van der Waals surface area (Å²) in [6, 6.07) is 10.5. The van der Waals surface area contributed by atoms with Crippen molar-refractivity contribution < 1.29 is 13.9 Å². The molecule has 0 saturated carbocycles. The van der Waals surface area contributed by atoms with E-state index >= 15 is 0 Å². The fourth-order valence-corrected chi connectivity index (χ4v) is 5.99. The monoisotopic (exact) mass is 449 g/mol. The maximum Gasteiger partial charge on any atom is 0.312 e. The van der Waals surface area contributed by atoms with E-state index in [9.17, 15) is 4.79 Å². The Balaban J connectivity index is 1.18. The molecule has 0 radical (unpaired) electrons. The minimum Gasteiger partial charge on any atom is -0.464 e. The Bertz CT molecular complexity index is 1250. The number of nitrogens with two attached hydrogens (primary N) is 1. The number of fused-ring (bicyclic) bond motifs is 4. The number of nitrogens with zero attached hydrogens (tertiary/aromatic N) is 3. The maximum atomic E-state index is 11.2. The normalized spacial score (nSPS) is 23.1. The number of piperidine rings is 1. The van der Waals surface area contributed by atoms with Crippen LogP contribution >= 0.6 is 11.3 Å². The molecule has 0 spiro atoms. The number of amides is 2. The zero-order chi connectivity index (χ0) is 21.7. The lowest BCUT2D eigenvalue weighted by atomic mass is 9.96. The summed E-state index contributed by atoms with van der Waals surface area (Å²) in [5.74, 6) is 0.691. The van der Waals surface area contributed by atoms with Gasteiger partial charge in [0.15, 0.2) is 5.65 Å². The van der Waals surface area contributed by atoms with Gasteiger partial charge in [0.05, 0.1) is 11.0 Å². The minimum atomic E-state index is -0.427. The molecule has 164 valence electrons. The largest absolute Gasteiger partial charge is 0.464 e. The van der Waals surface area contributed by atoms with Crippen LogP contribution in [0.5, 0.6) is 10.9 Å². The number of hydrogen-bond acceptors (Lipinski definition) is 7. The highest BCUT2D eigenvalue weighted by molar-refractivity contribution is 7.20. The number of rotatable bonds is 5. The number of carbonyl (C=O) groups excluding carboxylic acids is 1. The smallest absolute Gasteiger partial charge is 0.312 e. The molecule has 32 heavy (non-hydrogen) atoms. The van der Waals surface area contributed by atoms with Gasteiger partial charge in [-0.15, -0.1) is 0 Å². The molecule has 9 heteroatoms. The van der Waals surface area contributed by atoms with Crippen molar-refractivity contribution in [1.29, 1.82) is 0 Å². The van der Waals surface area contributed by atoms with Crippen molar-refractivity contribution in [2.24, 2.45) is 5.73 Å². The van der Waals surface area contributed by atoms with E-state index < -0.39 is 6.03 Å². The number of benzene rings is 1. The van der Waals surface area contributed by atoms with E-state index in [-0.39, 0.29) is 6.04 Å². The fourth-order valence-electron chi connectivity index (χ4n) is 5.19. The number of aromatic nitrogens is 2. The van der Waals surface area contributed by atoms with Crippen molar-refractivity contribution in [3.63, 3.8) is 0 Å². The summed E-state index contributed by atoms with van der Waals surface area (Å²) >= 11 is 1.47.